The third-order valence-electron chi connectivity index (χ3n) is 6.18. The van der Waals surface area contributed by atoms with E-state index in [1.165, 1.54) is 12.4 Å². The molecule has 1 unspecified atom stereocenters. The summed E-state index contributed by atoms with van der Waals surface area (Å²) in [6.45, 7) is 6.90. The summed E-state index contributed by atoms with van der Waals surface area (Å²) in [7, 11) is 0. The molecule has 0 spiro atoms. The van der Waals surface area contributed by atoms with Crippen molar-refractivity contribution in [1.82, 2.24) is 24.6 Å². The lowest BCUT2D eigenvalue weighted by Gasteiger charge is -2.32. The number of hydrogen-bond donors (Lipinski definition) is 1. The second kappa shape index (κ2) is 8.97. The quantitative estimate of drug-likeness (QED) is 0.445. The summed E-state index contributed by atoms with van der Waals surface area (Å²) in [5, 5.41) is 5.68. The normalized spacial score (nSPS) is 15.9. The fourth-order valence-electron chi connectivity index (χ4n) is 4.51. The Balaban J connectivity index is 1.54. The molecule has 8 heteroatoms. The van der Waals surface area contributed by atoms with Crippen LogP contribution in [0.15, 0.2) is 67.5 Å². The van der Waals surface area contributed by atoms with Crippen molar-refractivity contribution >= 4 is 22.8 Å². The van der Waals surface area contributed by atoms with Gasteiger partial charge in [-0.05, 0) is 61.7 Å². The number of piperidine rings is 1. The number of anilines is 1. The number of carbonyl (C=O) groups is 1. The van der Waals surface area contributed by atoms with Crippen LogP contribution >= 0.6 is 0 Å². The first-order chi connectivity index (χ1) is 16.5. The first-order valence-corrected chi connectivity index (χ1v) is 11.3. The average molecular weight is 455 g/mol. The molecule has 1 atom stereocenters. The van der Waals surface area contributed by atoms with Gasteiger partial charge in [0.25, 0.3) is 0 Å². The molecule has 5 rings (SSSR count). The number of nitrogens with zero attached hydrogens (tertiary/aromatic N) is 5. The second-order valence-corrected chi connectivity index (χ2v) is 8.43. The molecule has 0 bridgehead atoms. The first-order valence-electron chi connectivity index (χ1n) is 11.3. The van der Waals surface area contributed by atoms with E-state index in [4.69, 9.17) is 15.6 Å². The Labute approximate surface area is 197 Å². The predicted octanol–water partition coefficient (Wildman–Crippen LogP) is 4.53. The number of para-hydroxylation sites is 1. The van der Waals surface area contributed by atoms with Gasteiger partial charge >= 0.3 is 0 Å². The smallest absolute Gasteiger partial charge is 0.246 e. The van der Waals surface area contributed by atoms with Crippen LogP contribution in [0.4, 0.5) is 5.82 Å². The minimum absolute atomic E-state index is 0.0100. The van der Waals surface area contributed by atoms with Crippen LogP contribution in [0, 0.1) is 6.92 Å². The van der Waals surface area contributed by atoms with Crippen molar-refractivity contribution in [3.8, 4) is 22.8 Å². The highest BCUT2D eigenvalue weighted by atomic mass is 16.5. The zero-order valence-electron chi connectivity index (χ0n) is 19.0. The van der Waals surface area contributed by atoms with E-state index in [9.17, 15) is 4.79 Å². The molecule has 1 aliphatic heterocycles. The van der Waals surface area contributed by atoms with Crippen molar-refractivity contribution in [1.29, 1.82) is 0 Å². The van der Waals surface area contributed by atoms with Crippen LogP contribution in [0.1, 0.15) is 24.4 Å². The van der Waals surface area contributed by atoms with E-state index in [2.05, 4.69) is 16.5 Å². The van der Waals surface area contributed by atoms with Crippen LogP contribution < -0.4 is 10.5 Å². The molecule has 1 fully saturated rings. The third kappa shape index (κ3) is 3.98. The van der Waals surface area contributed by atoms with E-state index >= 15 is 0 Å². The van der Waals surface area contributed by atoms with Crippen molar-refractivity contribution in [3.63, 3.8) is 0 Å². The number of nitrogens with two attached hydrogens (primary N) is 1. The number of amides is 1. The molecule has 0 saturated carbocycles. The molecule has 1 amide bonds. The van der Waals surface area contributed by atoms with Gasteiger partial charge in [-0.25, -0.2) is 14.6 Å². The van der Waals surface area contributed by atoms with Gasteiger partial charge in [-0.3, -0.25) is 4.79 Å². The Bertz CT molecular complexity index is 1360. The number of likely N-dealkylation sites (tertiary alicyclic amines) is 1. The van der Waals surface area contributed by atoms with Gasteiger partial charge in [0.15, 0.2) is 5.65 Å². The van der Waals surface area contributed by atoms with Crippen LogP contribution in [-0.2, 0) is 4.79 Å². The summed E-state index contributed by atoms with van der Waals surface area (Å²) in [5.74, 6) is 1.83. The fourth-order valence-corrected chi connectivity index (χ4v) is 4.51. The highest BCUT2D eigenvalue weighted by molar-refractivity contribution is 5.99. The van der Waals surface area contributed by atoms with E-state index < -0.39 is 0 Å². The molecule has 1 aliphatic rings. The molecule has 0 radical (unpaired) electrons. The molecule has 3 heterocycles. The van der Waals surface area contributed by atoms with Crippen LogP contribution in [0.2, 0.25) is 0 Å². The van der Waals surface area contributed by atoms with Crippen LogP contribution in [0.25, 0.3) is 22.3 Å². The van der Waals surface area contributed by atoms with Gasteiger partial charge in [0, 0.05) is 18.7 Å². The third-order valence-corrected chi connectivity index (χ3v) is 6.18. The Morgan fingerprint density at radius 2 is 2.00 bits per heavy atom. The summed E-state index contributed by atoms with van der Waals surface area (Å²) in [6.07, 6.45) is 4.59. The van der Waals surface area contributed by atoms with E-state index in [-0.39, 0.29) is 11.9 Å². The molecule has 2 N–H and O–H groups in total. The van der Waals surface area contributed by atoms with Gasteiger partial charge in [0.2, 0.25) is 5.91 Å². The van der Waals surface area contributed by atoms with E-state index in [1.807, 2.05) is 60.1 Å². The number of aryl methyl sites for hydroxylation is 1. The second-order valence-electron chi connectivity index (χ2n) is 8.43. The zero-order chi connectivity index (χ0) is 23.7. The fraction of sp³-hybridized carbons (Fsp3) is 0.231. The number of rotatable bonds is 5. The maximum Gasteiger partial charge on any atom is 0.246 e. The summed E-state index contributed by atoms with van der Waals surface area (Å²) < 4.78 is 7.89. The SMILES string of the molecule is C=CC(=O)N1CCCC(n2nc(-c3ccc(Oc4ccccc4)cc3C)c3c(N)ncnc32)C1. The minimum Gasteiger partial charge on any atom is -0.457 e. The molecule has 8 nitrogen and oxygen atoms in total. The average Bonchev–Trinajstić information content (AvgIpc) is 3.25. The van der Waals surface area contributed by atoms with Gasteiger partial charge < -0.3 is 15.4 Å². The van der Waals surface area contributed by atoms with Crippen molar-refractivity contribution < 1.29 is 9.53 Å². The molecule has 2 aromatic heterocycles. The molecule has 2 aromatic carbocycles. The monoisotopic (exact) mass is 454 g/mol. The van der Waals surface area contributed by atoms with Gasteiger partial charge in [-0.15, -0.1) is 0 Å². The highest BCUT2D eigenvalue weighted by Gasteiger charge is 2.28. The Morgan fingerprint density at radius 3 is 2.76 bits per heavy atom. The number of nitrogen functional groups attached to an aromatic ring is 1. The van der Waals surface area contributed by atoms with Crippen molar-refractivity contribution in [2.24, 2.45) is 0 Å². The number of hydrogen-bond acceptors (Lipinski definition) is 6. The zero-order valence-corrected chi connectivity index (χ0v) is 19.0. The lowest BCUT2D eigenvalue weighted by Crippen LogP contribution is -2.40. The van der Waals surface area contributed by atoms with Gasteiger partial charge in [-0.1, -0.05) is 24.8 Å². The van der Waals surface area contributed by atoms with Crippen LogP contribution in [0.3, 0.4) is 0 Å². The highest BCUT2D eigenvalue weighted by Crippen LogP contribution is 2.36. The predicted molar refractivity (Wildman–Crippen MR) is 131 cm³/mol. The van der Waals surface area contributed by atoms with Gasteiger partial charge in [0.05, 0.1) is 11.4 Å². The molecule has 0 aliphatic carbocycles. The topological polar surface area (TPSA) is 99.2 Å². The standard InChI is InChI=1S/C26H26N6O2/c1-3-22(33)31-13-7-8-18(15-31)32-26-23(25(27)28-16-29-26)24(30-32)21-12-11-20(14-17(21)2)34-19-9-5-4-6-10-19/h3-6,9-12,14,16,18H,1,7-8,13,15H2,2H3,(H2,27,28,29). The maximum absolute atomic E-state index is 12.2. The van der Waals surface area contributed by atoms with Gasteiger partial charge in [0.1, 0.15) is 29.3 Å². The molecule has 172 valence electrons. The molecular formula is C26H26N6O2. The molecular weight excluding hydrogens is 428 g/mol. The number of ether oxygens (including phenoxy) is 1. The van der Waals surface area contributed by atoms with Gasteiger partial charge in [-0.2, -0.15) is 5.10 Å². The summed E-state index contributed by atoms with van der Waals surface area (Å²) >= 11 is 0. The first kappa shape index (κ1) is 21.6. The Hall–Kier alpha value is -4.20. The van der Waals surface area contributed by atoms with E-state index in [1.54, 1.807) is 4.90 Å². The van der Waals surface area contributed by atoms with E-state index in [0.717, 1.165) is 46.5 Å². The van der Waals surface area contributed by atoms with Crippen molar-refractivity contribution in [2.45, 2.75) is 25.8 Å². The minimum atomic E-state index is -0.0691. The number of carbonyl (C=O) groups excluding carboxylic acids is 1. The summed E-state index contributed by atoms with van der Waals surface area (Å²) in [4.78, 5) is 22.8. The molecule has 4 aromatic rings. The Kier molecular flexibility index (Phi) is 5.71. The Morgan fingerprint density at radius 1 is 1.18 bits per heavy atom. The number of benzene rings is 2. The summed E-state index contributed by atoms with van der Waals surface area (Å²) in [6, 6.07) is 15.5. The number of aromatic nitrogens is 4. The molecule has 34 heavy (non-hydrogen) atoms. The lowest BCUT2D eigenvalue weighted by molar-refractivity contribution is -0.127. The lowest BCUT2D eigenvalue weighted by atomic mass is 10.0. The largest absolute Gasteiger partial charge is 0.457 e. The van der Waals surface area contributed by atoms with E-state index in [0.29, 0.717) is 24.6 Å². The van der Waals surface area contributed by atoms with Crippen LogP contribution in [0.5, 0.6) is 11.5 Å². The van der Waals surface area contributed by atoms with Crippen LogP contribution in [-0.4, -0.2) is 43.6 Å². The molecule has 1 saturated heterocycles. The van der Waals surface area contributed by atoms with Crippen molar-refractivity contribution in [3.05, 3.63) is 73.1 Å². The number of fused-ring (bicyclic) bond motifs is 1. The van der Waals surface area contributed by atoms with Crippen molar-refractivity contribution in [2.75, 3.05) is 18.8 Å². The maximum atomic E-state index is 12.2. The summed E-state index contributed by atoms with van der Waals surface area (Å²) in [5.41, 5.74) is 9.63.